The summed E-state index contributed by atoms with van der Waals surface area (Å²) in [6, 6.07) is 13.3. The first-order valence-electron chi connectivity index (χ1n) is 6.42. The second kappa shape index (κ2) is 5.36. The molecule has 108 valence electrons. The van der Waals surface area contributed by atoms with Gasteiger partial charge in [-0.05, 0) is 31.0 Å². The van der Waals surface area contributed by atoms with E-state index in [0.717, 1.165) is 0 Å². The van der Waals surface area contributed by atoms with Gasteiger partial charge < -0.3 is 5.11 Å². The minimum atomic E-state index is -0.999. The lowest BCUT2D eigenvalue weighted by molar-refractivity contribution is -0.384. The predicted octanol–water partition coefficient (Wildman–Crippen LogP) is 3.62. The van der Waals surface area contributed by atoms with E-state index in [2.05, 4.69) is 0 Å². The van der Waals surface area contributed by atoms with Crippen LogP contribution in [-0.2, 0) is 10.2 Å². The van der Waals surface area contributed by atoms with E-state index in [1.807, 2.05) is 0 Å². The molecule has 0 saturated heterocycles. The maximum Gasteiger partial charge on any atom is 0.313 e. The Kier molecular flexibility index (Phi) is 3.76. The summed E-state index contributed by atoms with van der Waals surface area (Å²) in [5, 5.41) is 20.2. The third kappa shape index (κ3) is 2.76. The Balaban J connectivity index is 2.45. The first kappa shape index (κ1) is 14.7. The van der Waals surface area contributed by atoms with Crippen molar-refractivity contribution in [3.05, 3.63) is 64.2 Å². The van der Waals surface area contributed by atoms with E-state index in [4.69, 9.17) is 0 Å². The maximum absolute atomic E-state index is 11.2. The smallest absolute Gasteiger partial charge is 0.313 e. The van der Waals surface area contributed by atoms with Gasteiger partial charge in [-0.1, -0.05) is 36.4 Å². The number of carboxylic acids is 1. The van der Waals surface area contributed by atoms with E-state index in [1.54, 1.807) is 56.3 Å². The summed E-state index contributed by atoms with van der Waals surface area (Å²) >= 11 is 0. The van der Waals surface area contributed by atoms with Crippen LogP contribution in [0.1, 0.15) is 19.4 Å². The molecule has 5 heteroatoms. The fourth-order valence-corrected chi connectivity index (χ4v) is 2.07. The number of hydrogen-bond donors (Lipinski definition) is 1. The van der Waals surface area contributed by atoms with E-state index in [0.29, 0.717) is 16.7 Å². The van der Waals surface area contributed by atoms with Gasteiger partial charge in [0.25, 0.3) is 5.69 Å². The standard InChI is InChI=1S/C16H15NO4/c1-16(2,15(18)19)12-9-7-11(8-10-12)13-5-3-4-6-14(13)17(20)21/h3-10H,1-2H3,(H,18,19). The zero-order valence-electron chi connectivity index (χ0n) is 11.7. The van der Waals surface area contributed by atoms with Crippen molar-refractivity contribution < 1.29 is 14.8 Å². The molecule has 0 amide bonds. The van der Waals surface area contributed by atoms with Crippen molar-refractivity contribution in [3.8, 4) is 11.1 Å². The van der Waals surface area contributed by atoms with Gasteiger partial charge in [0.1, 0.15) is 0 Å². The fraction of sp³-hybridized carbons (Fsp3) is 0.188. The van der Waals surface area contributed by atoms with Crippen LogP contribution in [0, 0.1) is 10.1 Å². The number of carboxylic acid groups (broad SMARTS) is 1. The normalized spacial score (nSPS) is 11.1. The predicted molar refractivity (Wildman–Crippen MR) is 79.2 cm³/mol. The molecular weight excluding hydrogens is 270 g/mol. The highest BCUT2D eigenvalue weighted by atomic mass is 16.6. The molecule has 0 radical (unpaired) electrons. The summed E-state index contributed by atoms with van der Waals surface area (Å²) < 4.78 is 0. The summed E-state index contributed by atoms with van der Waals surface area (Å²) in [6.07, 6.45) is 0. The Morgan fingerprint density at radius 1 is 1.10 bits per heavy atom. The summed E-state index contributed by atoms with van der Waals surface area (Å²) in [5.41, 5.74) is 0.885. The second-order valence-electron chi connectivity index (χ2n) is 5.28. The van der Waals surface area contributed by atoms with Crippen LogP contribution in [-0.4, -0.2) is 16.0 Å². The second-order valence-corrected chi connectivity index (χ2v) is 5.28. The highest BCUT2D eigenvalue weighted by molar-refractivity contribution is 5.81. The minimum absolute atomic E-state index is 0.0303. The SMILES string of the molecule is CC(C)(C(=O)O)c1ccc(-c2ccccc2[N+](=O)[O-])cc1. The lowest BCUT2D eigenvalue weighted by Crippen LogP contribution is -2.28. The summed E-state index contributed by atoms with van der Waals surface area (Å²) in [6.45, 7) is 3.24. The minimum Gasteiger partial charge on any atom is -0.481 e. The number of benzene rings is 2. The number of nitrogens with zero attached hydrogens (tertiary/aromatic N) is 1. The highest BCUT2D eigenvalue weighted by Gasteiger charge is 2.29. The van der Waals surface area contributed by atoms with Crippen LogP contribution < -0.4 is 0 Å². The summed E-state index contributed by atoms with van der Waals surface area (Å²) in [5.74, 6) is -0.916. The van der Waals surface area contributed by atoms with Gasteiger partial charge in [0, 0.05) is 6.07 Å². The number of nitro groups is 1. The Bertz CT molecular complexity index is 690. The van der Waals surface area contributed by atoms with E-state index in [-0.39, 0.29) is 5.69 Å². The largest absolute Gasteiger partial charge is 0.481 e. The van der Waals surface area contributed by atoms with Crippen LogP contribution in [0.3, 0.4) is 0 Å². The molecule has 0 unspecified atom stereocenters. The molecule has 2 aromatic carbocycles. The van der Waals surface area contributed by atoms with Gasteiger partial charge in [-0.15, -0.1) is 0 Å². The molecule has 0 bridgehead atoms. The van der Waals surface area contributed by atoms with Crippen molar-refractivity contribution in [2.45, 2.75) is 19.3 Å². The van der Waals surface area contributed by atoms with Gasteiger partial charge in [-0.3, -0.25) is 14.9 Å². The first-order valence-corrected chi connectivity index (χ1v) is 6.42. The van der Waals surface area contributed by atoms with Crippen LogP contribution in [0.2, 0.25) is 0 Å². The van der Waals surface area contributed by atoms with Gasteiger partial charge in [0.05, 0.1) is 15.9 Å². The van der Waals surface area contributed by atoms with E-state index in [1.165, 1.54) is 6.07 Å². The van der Waals surface area contributed by atoms with Gasteiger partial charge in [-0.2, -0.15) is 0 Å². The number of para-hydroxylation sites is 1. The zero-order valence-corrected chi connectivity index (χ0v) is 11.7. The van der Waals surface area contributed by atoms with Gasteiger partial charge >= 0.3 is 5.97 Å². The molecule has 0 saturated carbocycles. The van der Waals surface area contributed by atoms with Crippen LogP contribution in [0.25, 0.3) is 11.1 Å². The quantitative estimate of drug-likeness (QED) is 0.687. The number of rotatable bonds is 4. The third-order valence-electron chi connectivity index (χ3n) is 3.55. The van der Waals surface area contributed by atoms with E-state index in [9.17, 15) is 20.0 Å². The molecule has 0 heterocycles. The maximum atomic E-state index is 11.2. The Hall–Kier alpha value is -2.69. The molecule has 0 aromatic heterocycles. The number of hydrogen-bond acceptors (Lipinski definition) is 3. The molecular formula is C16H15NO4. The Morgan fingerprint density at radius 3 is 2.19 bits per heavy atom. The lowest BCUT2D eigenvalue weighted by Gasteiger charge is -2.19. The number of nitro benzene ring substituents is 1. The van der Waals surface area contributed by atoms with Crippen LogP contribution in [0.15, 0.2) is 48.5 Å². The molecule has 1 N–H and O–H groups in total. The van der Waals surface area contributed by atoms with Crippen LogP contribution in [0.5, 0.6) is 0 Å². The van der Waals surface area contributed by atoms with Crippen LogP contribution in [0.4, 0.5) is 5.69 Å². The van der Waals surface area contributed by atoms with Gasteiger partial charge in [0.2, 0.25) is 0 Å². The summed E-state index contributed by atoms with van der Waals surface area (Å²) in [4.78, 5) is 21.8. The van der Waals surface area contributed by atoms with Crippen molar-refractivity contribution in [2.24, 2.45) is 0 Å². The number of aliphatic carboxylic acids is 1. The van der Waals surface area contributed by atoms with Crippen molar-refractivity contribution in [2.75, 3.05) is 0 Å². The van der Waals surface area contributed by atoms with Gasteiger partial charge in [-0.25, -0.2) is 0 Å². The zero-order chi connectivity index (χ0) is 15.6. The molecule has 2 aromatic rings. The van der Waals surface area contributed by atoms with E-state index >= 15 is 0 Å². The molecule has 0 spiro atoms. The highest BCUT2D eigenvalue weighted by Crippen LogP contribution is 2.31. The first-order chi connectivity index (χ1) is 9.84. The van der Waals surface area contributed by atoms with Crippen molar-refractivity contribution in [1.29, 1.82) is 0 Å². The molecule has 0 aliphatic rings. The lowest BCUT2D eigenvalue weighted by atomic mass is 9.84. The molecule has 5 nitrogen and oxygen atoms in total. The molecule has 2 rings (SSSR count). The Labute approximate surface area is 122 Å². The average Bonchev–Trinajstić information content (AvgIpc) is 2.47. The van der Waals surface area contributed by atoms with Crippen molar-refractivity contribution >= 4 is 11.7 Å². The monoisotopic (exact) mass is 285 g/mol. The molecule has 0 aliphatic carbocycles. The van der Waals surface area contributed by atoms with Crippen molar-refractivity contribution in [3.63, 3.8) is 0 Å². The number of carbonyl (C=O) groups is 1. The molecule has 0 aliphatic heterocycles. The topological polar surface area (TPSA) is 80.4 Å². The third-order valence-corrected chi connectivity index (χ3v) is 3.55. The summed E-state index contributed by atoms with van der Waals surface area (Å²) in [7, 11) is 0. The van der Waals surface area contributed by atoms with Gasteiger partial charge in [0.15, 0.2) is 0 Å². The molecule has 21 heavy (non-hydrogen) atoms. The van der Waals surface area contributed by atoms with Crippen LogP contribution >= 0.6 is 0 Å². The fourth-order valence-electron chi connectivity index (χ4n) is 2.07. The Morgan fingerprint density at radius 2 is 1.67 bits per heavy atom. The average molecular weight is 285 g/mol. The van der Waals surface area contributed by atoms with Crippen molar-refractivity contribution in [1.82, 2.24) is 0 Å². The van der Waals surface area contributed by atoms with E-state index < -0.39 is 16.3 Å². The molecule has 0 fully saturated rings. The molecule has 0 atom stereocenters.